The topological polar surface area (TPSA) is 70.8 Å². The van der Waals surface area contributed by atoms with Gasteiger partial charge in [0.2, 0.25) is 11.8 Å². The number of nitrogens with zero attached hydrogens (tertiary/aromatic N) is 3. The lowest BCUT2D eigenvalue weighted by atomic mass is 10.1. The summed E-state index contributed by atoms with van der Waals surface area (Å²) in [5.41, 5.74) is 1.64. The average molecular weight is 268 g/mol. The molecule has 2 aromatic rings. The number of ether oxygens (including phenoxy) is 1. The Morgan fingerprint density at radius 2 is 2.20 bits per heavy atom. The Kier molecular flexibility index (Phi) is 4.51. The van der Waals surface area contributed by atoms with E-state index < -0.39 is 0 Å². The highest BCUT2D eigenvalue weighted by Gasteiger charge is 2.02. The first kappa shape index (κ1) is 13.8. The van der Waals surface area contributed by atoms with Gasteiger partial charge in [0.15, 0.2) is 0 Å². The number of nitriles is 1. The van der Waals surface area contributed by atoms with E-state index in [0.29, 0.717) is 23.9 Å². The highest BCUT2D eigenvalue weighted by atomic mass is 16.5. The van der Waals surface area contributed by atoms with Gasteiger partial charge in [0.05, 0.1) is 17.7 Å². The fourth-order valence-corrected chi connectivity index (χ4v) is 1.67. The number of aromatic nitrogens is 2. The van der Waals surface area contributed by atoms with Gasteiger partial charge in [0.1, 0.15) is 0 Å². The molecule has 1 aromatic heterocycles. The van der Waals surface area contributed by atoms with E-state index in [2.05, 4.69) is 21.4 Å². The van der Waals surface area contributed by atoms with Gasteiger partial charge in [-0.1, -0.05) is 12.1 Å². The van der Waals surface area contributed by atoms with Crippen LogP contribution >= 0.6 is 0 Å². The Bertz CT molecular complexity index is 619. The molecule has 0 aliphatic carbocycles. The Morgan fingerprint density at radius 3 is 2.95 bits per heavy atom. The van der Waals surface area contributed by atoms with Crippen LogP contribution in [0.15, 0.2) is 36.5 Å². The lowest BCUT2D eigenvalue weighted by Crippen LogP contribution is -2.09. The first-order valence-corrected chi connectivity index (χ1v) is 6.40. The van der Waals surface area contributed by atoms with Crippen LogP contribution < -0.4 is 10.1 Å². The molecule has 0 aliphatic heterocycles. The predicted molar refractivity (Wildman–Crippen MR) is 76.3 cm³/mol. The van der Waals surface area contributed by atoms with E-state index in [1.807, 2.05) is 32.0 Å². The van der Waals surface area contributed by atoms with Gasteiger partial charge in [-0.15, -0.1) is 0 Å². The van der Waals surface area contributed by atoms with Crippen molar-refractivity contribution >= 4 is 5.95 Å². The maximum Gasteiger partial charge on any atom is 0.226 e. The largest absolute Gasteiger partial charge is 0.475 e. The summed E-state index contributed by atoms with van der Waals surface area (Å²) in [6, 6.07) is 11.3. The predicted octanol–water partition coefficient (Wildman–Crippen LogP) is 2.75. The van der Waals surface area contributed by atoms with Crippen LogP contribution in [-0.4, -0.2) is 16.1 Å². The minimum absolute atomic E-state index is 0.0741. The smallest absolute Gasteiger partial charge is 0.226 e. The van der Waals surface area contributed by atoms with Crippen molar-refractivity contribution in [2.75, 3.05) is 5.32 Å². The van der Waals surface area contributed by atoms with Gasteiger partial charge in [-0.25, -0.2) is 4.98 Å². The number of rotatable bonds is 5. The van der Waals surface area contributed by atoms with Gasteiger partial charge in [0, 0.05) is 18.8 Å². The van der Waals surface area contributed by atoms with Crippen molar-refractivity contribution in [3.63, 3.8) is 0 Å². The third-order valence-corrected chi connectivity index (χ3v) is 2.49. The van der Waals surface area contributed by atoms with Crippen LogP contribution in [0.3, 0.4) is 0 Å². The van der Waals surface area contributed by atoms with Gasteiger partial charge in [-0.05, 0) is 31.5 Å². The number of hydrogen-bond donors (Lipinski definition) is 1. The molecule has 0 aliphatic rings. The van der Waals surface area contributed by atoms with Crippen molar-refractivity contribution in [3.05, 3.63) is 47.7 Å². The van der Waals surface area contributed by atoms with Crippen molar-refractivity contribution in [1.29, 1.82) is 5.26 Å². The minimum atomic E-state index is 0.0741. The number of anilines is 1. The lowest BCUT2D eigenvalue weighted by Gasteiger charge is -2.10. The molecule has 0 spiro atoms. The summed E-state index contributed by atoms with van der Waals surface area (Å²) in [7, 11) is 0. The van der Waals surface area contributed by atoms with E-state index >= 15 is 0 Å². The molecule has 0 atom stereocenters. The summed E-state index contributed by atoms with van der Waals surface area (Å²) in [5.74, 6) is 1.05. The Balaban J connectivity index is 2.01. The Labute approximate surface area is 118 Å². The third-order valence-electron chi connectivity index (χ3n) is 2.49. The summed E-state index contributed by atoms with van der Waals surface area (Å²) < 4.78 is 5.51. The van der Waals surface area contributed by atoms with E-state index in [4.69, 9.17) is 10.00 Å². The SMILES string of the molecule is CC(C)Oc1ccnc(NCc2cccc(C#N)c2)n1. The summed E-state index contributed by atoms with van der Waals surface area (Å²) in [6.45, 7) is 4.45. The Morgan fingerprint density at radius 1 is 1.35 bits per heavy atom. The fraction of sp³-hybridized carbons (Fsp3) is 0.267. The quantitative estimate of drug-likeness (QED) is 0.902. The second-order valence-corrected chi connectivity index (χ2v) is 4.55. The van der Waals surface area contributed by atoms with Crippen molar-refractivity contribution in [3.8, 4) is 11.9 Å². The van der Waals surface area contributed by atoms with Crippen LogP contribution in [0, 0.1) is 11.3 Å². The van der Waals surface area contributed by atoms with Crippen molar-refractivity contribution in [1.82, 2.24) is 9.97 Å². The second-order valence-electron chi connectivity index (χ2n) is 4.55. The molecule has 0 amide bonds. The first-order chi connectivity index (χ1) is 9.67. The Hall–Kier alpha value is -2.61. The molecule has 2 rings (SSSR count). The number of benzene rings is 1. The second kappa shape index (κ2) is 6.53. The molecule has 102 valence electrons. The van der Waals surface area contributed by atoms with Crippen LogP contribution in [0.5, 0.6) is 5.88 Å². The van der Waals surface area contributed by atoms with Crippen molar-refractivity contribution < 1.29 is 4.74 Å². The van der Waals surface area contributed by atoms with E-state index in [1.54, 1.807) is 18.3 Å². The molecule has 5 nitrogen and oxygen atoms in total. The van der Waals surface area contributed by atoms with Gasteiger partial charge >= 0.3 is 0 Å². The maximum absolute atomic E-state index is 8.86. The molecule has 0 saturated heterocycles. The number of hydrogen-bond acceptors (Lipinski definition) is 5. The van der Waals surface area contributed by atoms with Crippen molar-refractivity contribution in [2.24, 2.45) is 0 Å². The zero-order chi connectivity index (χ0) is 14.4. The monoisotopic (exact) mass is 268 g/mol. The van der Waals surface area contributed by atoms with Gasteiger partial charge in [-0.3, -0.25) is 0 Å². The standard InChI is InChI=1S/C15H16N4O/c1-11(2)20-14-6-7-17-15(19-14)18-10-13-5-3-4-12(8-13)9-16/h3-8,11H,10H2,1-2H3,(H,17,18,19). The first-order valence-electron chi connectivity index (χ1n) is 6.40. The molecule has 20 heavy (non-hydrogen) atoms. The van der Waals surface area contributed by atoms with Crippen LogP contribution in [0.2, 0.25) is 0 Å². The van der Waals surface area contributed by atoms with Crippen LogP contribution in [0.25, 0.3) is 0 Å². The zero-order valence-corrected chi connectivity index (χ0v) is 11.5. The molecule has 0 bridgehead atoms. The fourth-order valence-electron chi connectivity index (χ4n) is 1.67. The van der Waals surface area contributed by atoms with Gasteiger partial charge < -0.3 is 10.1 Å². The highest BCUT2D eigenvalue weighted by Crippen LogP contribution is 2.11. The zero-order valence-electron chi connectivity index (χ0n) is 11.5. The molecular weight excluding hydrogens is 252 g/mol. The normalized spacial score (nSPS) is 10.1. The van der Waals surface area contributed by atoms with E-state index in [9.17, 15) is 0 Å². The summed E-state index contributed by atoms with van der Waals surface area (Å²) in [5, 5.41) is 12.0. The van der Waals surface area contributed by atoms with Crippen molar-refractivity contribution in [2.45, 2.75) is 26.5 Å². The highest BCUT2D eigenvalue weighted by molar-refractivity contribution is 5.35. The number of nitrogens with one attached hydrogen (secondary N) is 1. The molecular formula is C15H16N4O. The van der Waals surface area contributed by atoms with E-state index in [0.717, 1.165) is 5.56 Å². The molecule has 5 heteroatoms. The summed E-state index contributed by atoms with van der Waals surface area (Å²) in [6.07, 6.45) is 1.73. The van der Waals surface area contributed by atoms with Crippen LogP contribution in [0.1, 0.15) is 25.0 Å². The molecule has 1 N–H and O–H groups in total. The summed E-state index contributed by atoms with van der Waals surface area (Å²) in [4.78, 5) is 8.40. The molecule has 1 aromatic carbocycles. The summed E-state index contributed by atoms with van der Waals surface area (Å²) >= 11 is 0. The molecule has 0 unspecified atom stereocenters. The molecule has 1 heterocycles. The minimum Gasteiger partial charge on any atom is -0.475 e. The van der Waals surface area contributed by atoms with Gasteiger partial charge in [-0.2, -0.15) is 10.2 Å². The van der Waals surface area contributed by atoms with Crippen LogP contribution in [0.4, 0.5) is 5.95 Å². The molecule has 0 fully saturated rings. The van der Waals surface area contributed by atoms with E-state index in [1.165, 1.54) is 0 Å². The van der Waals surface area contributed by atoms with Gasteiger partial charge in [0.25, 0.3) is 0 Å². The maximum atomic E-state index is 8.86. The average Bonchev–Trinajstić information content (AvgIpc) is 2.45. The molecule has 0 saturated carbocycles. The molecule has 0 radical (unpaired) electrons. The lowest BCUT2D eigenvalue weighted by molar-refractivity contribution is 0.232. The van der Waals surface area contributed by atoms with E-state index in [-0.39, 0.29) is 6.10 Å². The van der Waals surface area contributed by atoms with Crippen LogP contribution in [-0.2, 0) is 6.54 Å². The third kappa shape index (κ3) is 3.95.